The van der Waals surface area contributed by atoms with E-state index in [0.717, 1.165) is 6.42 Å². The summed E-state index contributed by atoms with van der Waals surface area (Å²) in [7, 11) is -4.02. The smallest absolute Gasteiger partial charge is 0.327 e. The van der Waals surface area contributed by atoms with Crippen LogP contribution in [0.3, 0.4) is 0 Å². The molecule has 33 heavy (non-hydrogen) atoms. The average molecular weight is 503 g/mol. The molecule has 1 saturated heterocycles. The Bertz CT molecular complexity index is 663. The van der Waals surface area contributed by atoms with Gasteiger partial charge >= 0.3 is 5.97 Å². The highest BCUT2D eigenvalue weighted by atomic mass is 28.4. The summed E-state index contributed by atoms with van der Waals surface area (Å²) in [6, 6.07) is 0. The molecule has 1 aliphatic rings. The van der Waals surface area contributed by atoms with E-state index in [1.54, 1.807) is 6.08 Å². The number of carboxylic acids is 1. The highest BCUT2D eigenvalue weighted by Crippen LogP contribution is 2.42. The SMILES string of the molecule is CC(CC/C=C/C(=O)O)O[C@@H]1O[C@@H](C)[C@H](O[Si](C)(C)C(C)(C)C)C[C@H]1O[Si](C)(C)C(C)(C)C. The van der Waals surface area contributed by atoms with Crippen molar-refractivity contribution in [3.8, 4) is 0 Å². The Morgan fingerprint density at radius 1 is 1.03 bits per heavy atom. The fourth-order valence-electron chi connectivity index (χ4n) is 3.21. The zero-order valence-electron chi connectivity index (χ0n) is 23.2. The first-order valence-electron chi connectivity index (χ1n) is 12.3. The molecule has 1 unspecified atom stereocenters. The van der Waals surface area contributed by atoms with Crippen molar-refractivity contribution < 1.29 is 28.2 Å². The molecule has 1 rings (SSSR count). The maximum Gasteiger partial charge on any atom is 0.327 e. The van der Waals surface area contributed by atoms with Gasteiger partial charge in [-0.25, -0.2) is 4.79 Å². The first-order valence-corrected chi connectivity index (χ1v) is 18.1. The van der Waals surface area contributed by atoms with Gasteiger partial charge in [0.05, 0.1) is 24.4 Å². The fourth-order valence-corrected chi connectivity index (χ4v) is 5.92. The molecule has 0 amide bonds. The normalized spacial score (nSPS) is 26.5. The molecule has 1 fully saturated rings. The number of ether oxygens (including phenoxy) is 2. The first-order chi connectivity index (χ1) is 14.8. The van der Waals surface area contributed by atoms with Crippen LogP contribution >= 0.6 is 0 Å². The van der Waals surface area contributed by atoms with Gasteiger partial charge in [-0.05, 0) is 63.0 Å². The van der Waals surface area contributed by atoms with Gasteiger partial charge in [-0.2, -0.15) is 0 Å². The van der Waals surface area contributed by atoms with Crippen LogP contribution in [-0.4, -0.2) is 58.4 Å². The minimum atomic E-state index is -2.06. The Morgan fingerprint density at radius 2 is 1.52 bits per heavy atom. The molecule has 0 saturated carbocycles. The molecule has 0 spiro atoms. The van der Waals surface area contributed by atoms with Crippen LogP contribution in [0.2, 0.25) is 36.3 Å². The van der Waals surface area contributed by atoms with Crippen LogP contribution in [0, 0.1) is 0 Å². The van der Waals surface area contributed by atoms with E-state index in [2.05, 4.69) is 74.7 Å². The molecule has 0 aliphatic carbocycles. The lowest BCUT2D eigenvalue weighted by Gasteiger charge is -2.48. The van der Waals surface area contributed by atoms with E-state index in [4.69, 9.17) is 23.4 Å². The van der Waals surface area contributed by atoms with Crippen molar-refractivity contribution >= 4 is 22.6 Å². The number of rotatable bonds is 10. The molecule has 194 valence electrons. The van der Waals surface area contributed by atoms with Crippen LogP contribution < -0.4 is 0 Å². The van der Waals surface area contributed by atoms with E-state index in [-0.39, 0.29) is 34.5 Å². The molecular weight excluding hydrogens is 452 g/mol. The molecule has 1 N–H and O–H groups in total. The summed E-state index contributed by atoms with van der Waals surface area (Å²) < 4.78 is 26.3. The third kappa shape index (κ3) is 9.22. The Balaban J connectivity index is 3.02. The second-order valence-electron chi connectivity index (χ2n) is 12.5. The quantitative estimate of drug-likeness (QED) is 0.264. The van der Waals surface area contributed by atoms with E-state index in [1.165, 1.54) is 6.08 Å². The third-order valence-corrected chi connectivity index (χ3v) is 16.5. The molecule has 0 radical (unpaired) electrons. The predicted molar refractivity (Wildman–Crippen MR) is 140 cm³/mol. The van der Waals surface area contributed by atoms with Crippen molar-refractivity contribution in [2.24, 2.45) is 0 Å². The molecule has 0 aromatic carbocycles. The van der Waals surface area contributed by atoms with E-state index >= 15 is 0 Å². The minimum absolute atomic E-state index is 0.0330. The Labute approximate surface area is 204 Å². The number of hydrogen-bond donors (Lipinski definition) is 1. The Kier molecular flexibility index (Phi) is 10.6. The Hall–Kier alpha value is -0.516. The van der Waals surface area contributed by atoms with E-state index in [9.17, 15) is 4.79 Å². The molecule has 1 aliphatic heterocycles. The summed E-state index contributed by atoms with van der Waals surface area (Å²) in [5, 5.41) is 8.97. The van der Waals surface area contributed by atoms with E-state index < -0.39 is 28.9 Å². The van der Waals surface area contributed by atoms with Crippen molar-refractivity contribution in [3.63, 3.8) is 0 Å². The van der Waals surface area contributed by atoms with Gasteiger partial charge in [0.1, 0.15) is 0 Å². The van der Waals surface area contributed by atoms with Crippen LogP contribution in [-0.2, 0) is 23.1 Å². The largest absolute Gasteiger partial charge is 0.478 e. The Morgan fingerprint density at radius 3 is 1.97 bits per heavy atom. The second-order valence-corrected chi connectivity index (χ2v) is 22.1. The monoisotopic (exact) mass is 502 g/mol. The first kappa shape index (κ1) is 30.5. The van der Waals surface area contributed by atoms with Gasteiger partial charge in [-0.15, -0.1) is 0 Å². The standard InChI is InChI=1S/C25H50O6Si2/c1-18(15-13-14-16-22(26)27)28-23-21(31-33(11,12)25(6,7)8)17-20(19(2)29-23)30-32(9,10)24(3,4)5/h14,16,18-21,23H,13,15,17H2,1-12H3,(H,26,27)/b16-14+/t18?,19-,20+,21+,23+/m0/s1. The molecule has 0 aromatic heterocycles. The number of carboxylic acid groups (broad SMARTS) is 1. The predicted octanol–water partition coefficient (Wildman–Crippen LogP) is 6.73. The zero-order valence-corrected chi connectivity index (χ0v) is 25.2. The number of hydrogen-bond acceptors (Lipinski definition) is 5. The van der Waals surface area contributed by atoms with Gasteiger partial charge in [0, 0.05) is 12.5 Å². The van der Waals surface area contributed by atoms with E-state index in [1.807, 2.05) is 6.92 Å². The summed E-state index contributed by atoms with van der Waals surface area (Å²) in [5.74, 6) is -0.927. The highest BCUT2D eigenvalue weighted by Gasteiger charge is 2.48. The molecule has 5 atom stereocenters. The van der Waals surface area contributed by atoms with Crippen LogP contribution in [0.15, 0.2) is 12.2 Å². The summed E-state index contributed by atoms with van der Waals surface area (Å²) in [5.41, 5.74) is 0. The van der Waals surface area contributed by atoms with Crippen molar-refractivity contribution in [1.29, 1.82) is 0 Å². The van der Waals surface area contributed by atoms with Crippen LogP contribution in [0.4, 0.5) is 0 Å². The molecule has 1 heterocycles. The maximum absolute atomic E-state index is 10.7. The number of allylic oxidation sites excluding steroid dienone is 1. The molecule has 0 aromatic rings. The van der Waals surface area contributed by atoms with Gasteiger partial charge in [0.2, 0.25) is 0 Å². The average Bonchev–Trinajstić information content (AvgIpc) is 2.60. The van der Waals surface area contributed by atoms with Crippen LogP contribution in [0.1, 0.15) is 74.7 Å². The lowest BCUT2D eigenvalue weighted by atomic mass is 10.0. The van der Waals surface area contributed by atoms with Gasteiger partial charge in [0.25, 0.3) is 0 Å². The zero-order chi connectivity index (χ0) is 25.8. The molecule has 0 bridgehead atoms. The van der Waals surface area contributed by atoms with Crippen molar-refractivity contribution in [3.05, 3.63) is 12.2 Å². The fraction of sp³-hybridized carbons (Fsp3) is 0.880. The maximum atomic E-state index is 10.7. The van der Waals surface area contributed by atoms with Crippen molar-refractivity contribution in [2.75, 3.05) is 0 Å². The molecular formula is C25H50O6Si2. The van der Waals surface area contributed by atoms with Crippen molar-refractivity contribution in [1.82, 2.24) is 0 Å². The number of aliphatic carboxylic acids is 1. The summed E-state index contributed by atoms with van der Waals surface area (Å²) in [6.45, 7) is 26.6. The molecule has 6 nitrogen and oxygen atoms in total. The summed E-state index contributed by atoms with van der Waals surface area (Å²) in [6.07, 6.45) is 4.07. The third-order valence-electron chi connectivity index (χ3n) is 7.51. The van der Waals surface area contributed by atoms with Crippen molar-refractivity contribution in [2.45, 2.75) is 142 Å². The van der Waals surface area contributed by atoms with Crippen LogP contribution in [0.5, 0.6) is 0 Å². The highest BCUT2D eigenvalue weighted by molar-refractivity contribution is 6.74. The van der Waals surface area contributed by atoms with Gasteiger partial charge in [-0.3, -0.25) is 0 Å². The van der Waals surface area contributed by atoms with Gasteiger partial charge in [0.15, 0.2) is 22.9 Å². The van der Waals surface area contributed by atoms with Crippen LogP contribution in [0.25, 0.3) is 0 Å². The summed E-state index contributed by atoms with van der Waals surface area (Å²) in [4.78, 5) is 10.7. The van der Waals surface area contributed by atoms with Gasteiger partial charge < -0.3 is 23.4 Å². The number of carbonyl (C=O) groups is 1. The molecule has 8 heteroatoms. The lowest BCUT2D eigenvalue weighted by molar-refractivity contribution is -0.268. The summed E-state index contributed by atoms with van der Waals surface area (Å²) >= 11 is 0. The minimum Gasteiger partial charge on any atom is -0.478 e. The lowest BCUT2D eigenvalue weighted by Crippen LogP contribution is -2.57. The van der Waals surface area contributed by atoms with E-state index in [0.29, 0.717) is 12.8 Å². The topological polar surface area (TPSA) is 74.2 Å². The second kappa shape index (κ2) is 11.5. The van der Waals surface area contributed by atoms with Gasteiger partial charge in [-0.1, -0.05) is 47.6 Å².